The van der Waals surface area contributed by atoms with E-state index in [1.807, 2.05) is 0 Å². The van der Waals surface area contributed by atoms with E-state index in [1.165, 1.54) is 6.33 Å². The van der Waals surface area contributed by atoms with E-state index in [4.69, 9.17) is 5.73 Å². The van der Waals surface area contributed by atoms with Crippen LogP contribution in [0.3, 0.4) is 0 Å². The number of nitrogen functional groups attached to an aromatic ring is 1. The van der Waals surface area contributed by atoms with Crippen LogP contribution in [0.15, 0.2) is 25.0 Å². The van der Waals surface area contributed by atoms with Crippen molar-refractivity contribution in [2.75, 3.05) is 5.73 Å². The van der Waals surface area contributed by atoms with Gasteiger partial charge in [-0.1, -0.05) is 0 Å². The number of nitrogens with two attached hydrogens (primary N) is 1. The molecule has 3 N–H and O–H groups in total. The maximum Gasteiger partial charge on any atom is 0.214 e. The highest BCUT2D eigenvalue weighted by Gasteiger charge is 2.09. The molecular weight excluding hydrogens is 194 g/mol. The van der Waals surface area contributed by atoms with Crippen LogP contribution in [-0.2, 0) is 0 Å². The molecule has 0 spiro atoms. The molecule has 3 aromatic heterocycles. The number of fused-ring (bicyclic) bond motifs is 1. The van der Waals surface area contributed by atoms with Gasteiger partial charge in [0.15, 0.2) is 17.0 Å². The molecule has 7 heteroatoms. The first-order valence-corrected chi connectivity index (χ1v) is 4.29. The van der Waals surface area contributed by atoms with Crippen LogP contribution >= 0.6 is 0 Å². The Labute approximate surface area is 84.0 Å². The van der Waals surface area contributed by atoms with Gasteiger partial charge in [-0.3, -0.25) is 4.57 Å². The molecule has 0 aliphatic heterocycles. The predicted molar refractivity (Wildman–Crippen MR) is 53.2 cm³/mol. The van der Waals surface area contributed by atoms with Crippen molar-refractivity contribution in [3.8, 4) is 5.95 Å². The van der Waals surface area contributed by atoms with Crippen molar-refractivity contribution < 1.29 is 0 Å². The van der Waals surface area contributed by atoms with Crippen molar-refractivity contribution in [3.63, 3.8) is 0 Å². The highest BCUT2D eigenvalue weighted by Crippen LogP contribution is 2.16. The highest BCUT2D eigenvalue weighted by molar-refractivity contribution is 5.81. The quantitative estimate of drug-likeness (QED) is 0.582. The fourth-order valence-corrected chi connectivity index (χ4v) is 1.40. The molecule has 15 heavy (non-hydrogen) atoms. The molecule has 0 saturated heterocycles. The van der Waals surface area contributed by atoms with Gasteiger partial charge in [0, 0.05) is 12.4 Å². The number of anilines is 1. The molecule has 0 aliphatic rings. The Bertz CT molecular complexity index is 595. The standard InChI is InChI=1S/C8H7N7/c9-6-5-7(13-3-12-6)15(4-14-5)8-10-1-2-11-8/h1-4H,(H,10,11)(H2,9,12,13). The van der Waals surface area contributed by atoms with E-state index in [1.54, 1.807) is 23.3 Å². The van der Waals surface area contributed by atoms with Gasteiger partial charge < -0.3 is 10.7 Å². The summed E-state index contributed by atoms with van der Waals surface area (Å²) in [6.07, 6.45) is 6.39. The molecule has 7 nitrogen and oxygen atoms in total. The van der Waals surface area contributed by atoms with Gasteiger partial charge in [0.05, 0.1) is 0 Å². The van der Waals surface area contributed by atoms with Gasteiger partial charge in [0.1, 0.15) is 12.7 Å². The minimum atomic E-state index is 0.366. The average molecular weight is 201 g/mol. The van der Waals surface area contributed by atoms with Crippen LogP contribution in [0.1, 0.15) is 0 Å². The summed E-state index contributed by atoms with van der Waals surface area (Å²) in [6, 6.07) is 0. The van der Waals surface area contributed by atoms with E-state index in [9.17, 15) is 0 Å². The lowest BCUT2D eigenvalue weighted by molar-refractivity contribution is 0.970. The van der Waals surface area contributed by atoms with Crippen LogP contribution in [0, 0.1) is 0 Å². The van der Waals surface area contributed by atoms with Gasteiger partial charge in [-0.25, -0.2) is 19.9 Å². The Morgan fingerprint density at radius 3 is 2.93 bits per heavy atom. The average Bonchev–Trinajstić information content (AvgIpc) is 2.85. The van der Waals surface area contributed by atoms with Crippen LogP contribution < -0.4 is 5.73 Å². The van der Waals surface area contributed by atoms with Crippen molar-refractivity contribution in [2.24, 2.45) is 0 Å². The van der Waals surface area contributed by atoms with Gasteiger partial charge in [0.25, 0.3) is 0 Å². The van der Waals surface area contributed by atoms with Crippen LogP contribution in [0.4, 0.5) is 5.82 Å². The maximum atomic E-state index is 5.67. The molecule has 0 bridgehead atoms. The summed E-state index contributed by atoms with van der Waals surface area (Å²) in [5.41, 5.74) is 6.88. The van der Waals surface area contributed by atoms with Crippen LogP contribution in [0.25, 0.3) is 17.1 Å². The molecule has 3 heterocycles. The van der Waals surface area contributed by atoms with Gasteiger partial charge in [-0.2, -0.15) is 0 Å². The van der Waals surface area contributed by atoms with Crippen molar-refractivity contribution in [3.05, 3.63) is 25.0 Å². The van der Waals surface area contributed by atoms with E-state index >= 15 is 0 Å². The summed E-state index contributed by atoms with van der Waals surface area (Å²) in [6.45, 7) is 0. The van der Waals surface area contributed by atoms with Crippen molar-refractivity contribution >= 4 is 17.0 Å². The molecule has 0 amide bonds. The van der Waals surface area contributed by atoms with E-state index in [-0.39, 0.29) is 0 Å². The molecule has 0 atom stereocenters. The molecule has 0 fully saturated rings. The largest absolute Gasteiger partial charge is 0.382 e. The molecule has 0 saturated carbocycles. The predicted octanol–water partition coefficient (Wildman–Crippen LogP) is 0.121. The molecular formula is C8H7N7. The van der Waals surface area contributed by atoms with Gasteiger partial charge in [-0.15, -0.1) is 0 Å². The minimum absolute atomic E-state index is 0.366. The second-order valence-corrected chi connectivity index (χ2v) is 2.96. The van der Waals surface area contributed by atoms with Gasteiger partial charge in [-0.05, 0) is 0 Å². The first-order chi connectivity index (χ1) is 7.36. The highest BCUT2D eigenvalue weighted by atomic mass is 15.2. The number of nitrogens with zero attached hydrogens (tertiary/aromatic N) is 5. The third-order valence-corrected chi connectivity index (χ3v) is 2.07. The summed E-state index contributed by atoms with van der Waals surface area (Å²) in [5.74, 6) is 1.01. The Morgan fingerprint density at radius 2 is 2.13 bits per heavy atom. The second kappa shape index (κ2) is 2.77. The molecule has 3 aromatic rings. The topological polar surface area (TPSA) is 98.3 Å². The van der Waals surface area contributed by atoms with E-state index in [2.05, 4.69) is 24.9 Å². The summed E-state index contributed by atoms with van der Waals surface area (Å²) in [7, 11) is 0. The van der Waals surface area contributed by atoms with Crippen LogP contribution in [0.5, 0.6) is 0 Å². The maximum absolute atomic E-state index is 5.67. The lowest BCUT2D eigenvalue weighted by atomic mass is 10.5. The zero-order valence-corrected chi connectivity index (χ0v) is 7.62. The van der Waals surface area contributed by atoms with Gasteiger partial charge >= 0.3 is 0 Å². The minimum Gasteiger partial charge on any atom is -0.382 e. The van der Waals surface area contributed by atoms with Crippen LogP contribution in [0.2, 0.25) is 0 Å². The van der Waals surface area contributed by atoms with Gasteiger partial charge in [0.2, 0.25) is 5.95 Å². The number of aromatic nitrogens is 6. The zero-order chi connectivity index (χ0) is 10.3. The summed E-state index contributed by atoms with van der Waals surface area (Å²) >= 11 is 0. The Hall–Kier alpha value is -2.44. The summed E-state index contributed by atoms with van der Waals surface area (Å²) in [5, 5.41) is 0. The molecule has 0 aliphatic carbocycles. The lowest BCUT2D eigenvalue weighted by Crippen LogP contribution is -1.98. The molecule has 3 rings (SSSR count). The molecule has 0 aromatic carbocycles. The second-order valence-electron chi connectivity index (χ2n) is 2.96. The Morgan fingerprint density at radius 1 is 1.20 bits per heavy atom. The third-order valence-electron chi connectivity index (χ3n) is 2.07. The normalized spacial score (nSPS) is 10.9. The molecule has 74 valence electrons. The zero-order valence-electron chi connectivity index (χ0n) is 7.62. The number of H-pyrrole nitrogens is 1. The third kappa shape index (κ3) is 1.06. The monoisotopic (exact) mass is 201 g/mol. The summed E-state index contributed by atoms with van der Waals surface area (Å²) in [4.78, 5) is 19.2. The number of nitrogens with one attached hydrogen (secondary N) is 1. The number of imidazole rings is 2. The SMILES string of the molecule is Nc1ncnc2c1ncn2-c1ncc[nH]1. The molecule has 0 unspecified atom stereocenters. The Balaban J connectivity index is 2.34. The van der Waals surface area contributed by atoms with E-state index in [0.717, 1.165) is 0 Å². The Kier molecular flexibility index (Phi) is 1.46. The number of hydrogen-bond donors (Lipinski definition) is 2. The number of rotatable bonds is 1. The first-order valence-electron chi connectivity index (χ1n) is 4.29. The fraction of sp³-hybridized carbons (Fsp3) is 0. The smallest absolute Gasteiger partial charge is 0.214 e. The van der Waals surface area contributed by atoms with Crippen molar-refractivity contribution in [1.82, 2.24) is 29.5 Å². The molecule has 0 radical (unpaired) electrons. The lowest BCUT2D eigenvalue weighted by Gasteiger charge is -1.97. The van der Waals surface area contributed by atoms with Crippen molar-refractivity contribution in [1.29, 1.82) is 0 Å². The van der Waals surface area contributed by atoms with Crippen LogP contribution in [-0.4, -0.2) is 29.5 Å². The first kappa shape index (κ1) is 7.92. The number of hydrogen-bond acceptors (Lipinski definition) is 5. The van der Waals surface area contributed by atoms with E-state index < -0.39 is 0 Å². The van der Waals surface area contributed by atoms with Crippen molar-refractivity contribution in [2.45, 2.75) is 0 Å². The van der Waals surface area contributed by atoms with E-state index in [0.29, 0.717) is 22.9 Å². The fourth-order valence-electron chi connectivity index (χ4n) is 1.40. The number of aromatic amines is 1. The summed E-state index contributed by atoms with van der Waals surface area (Å²) < 4.78 is 1.72.